The largest absolute Gasteiger partial charge is 0.320 e. The minimum Gasteiger partial charge on any atom is -0.320 e. The van der Waals surface area contributed by atoms with E-state index in [1.54, 1.807) is 0 Å². The Kier molecular flexibility index (Phi) is 20.6. The van der Waals surface area contributed by atoms with E-state index in [2.05, 4.69) is 31.8 Å². The van der Waals surface area contributed by atoms with Crippen molar-refractivity contribution in [1.82, 2.24) is 4.90 Å². The maximum atomic E-state index is 6.50. The molecular weight excluding hydrogens is 212 g/mol. The first kappa shape index (κ1) is 19.2. The Morgan fingerprint density at radius 2 is 1.06 bits per heavy atom. The lowest BCUT2D eigenvalue weighted by atomic mass is 10.1. The predicted molar refractivity (Wildman–Crippen MR) is 76.4 cm³/mol. The van der Waals surface area contributed by atoms with Crippen LogP contribution < -0.4 is 5.90 Å². The number of hydrogen-bond donors (Lipinski definition) is 2. The van der Waals surface area contributed by atoms with Crippen molar-refractivity contribution in [3.05, 3.63) is 0 Å². The lowest BCUT2D eigenvalue weighted by Gasteiger charge is -2.08. The zero-order valence-corrected chi connectivity index (χ0v) is 12.2. The first-order valence-electron chi connectivity index (χ1n) is 7.18. The van der Waals surface area contributed by atoms with E-state index in [-0.39, 0.29) is 0 Å². The standard InChI is InChI=1S/C14H31N.H3NO/c1-4-5-6-7-8-9-10-11-12-13-14-15(2)3;1-2/h4-14H2,1-3H3;2H,1H2. The van der Waals surface area contributed by atoms with Crippen LogP contribution in [0.5, 0.6) is 0 Å². The summed E-state index contributed by atoms with van der Waals surface area (Å²) in [7, 11) is 4.32. The Labute approximate surface area is 108 Å². The molecule has 0 aromatic heterocycles. The second-order valence-electron chi connectivity index (χ2n) is 4.99. The van der Waals surface area contributed by atoms with Crippen LogP contribution in [-0.2, 0) is 0 Å². The van der Waals surface area contributed by atoms with Crippen molar-refractivity contribution in [1.29, 1.82) is 0 Å². The molecule has 3 heteroatoms. The van der Waals surface area contributed by atoms with Crippen molar-refractivity contribution in [3.8, 4) is 0 Å². The van der Waals surface area contributed by atoms with Crippen LogP contribution in [0.1, 0.15) is 71.1 Å². The molecule has 0 aliphatic rings. The van der Waals surface area contributed by atoms with Gasteiger partial charge in [-0.1, -0.05) is 64.7 Å². The summed E-state index contributed by atoms with van der Waals surface area (Å²) in [6.45, 7) is 3.54. The third-order valence-electron chi connectivity index (χ3n) is 2.96. The summed E-state index contributed by atoms with van der Waals surface area (Å²) in [5.74, 6) is 3.50. The van der Waals surface area contributed by atoms with Crippen molar-refractivity contribution in [3.63, 3.8) is 0 Å². The normalized spacial score (nSPS) is 10.2. The van der Waals surface area contributed by atoms with Crippen LogP contribution in [0.3, 0.4) is 0 Å². The highest BCUT2D eigenvalue weighted by Crippen LogP contribution is 2.10. The van der Waals surface area contributed by atoms with Gasteiger partial charge in [0.15, 0.2) is 0 Å². The van der Waals surface area contributed by atoms with E-state index >= 15 is 0 Å². The Morgan fingerprint density at radius 1 is 0.706 bits per heavy atom. The minimum atomic E-state index is 1.26. The molecule has 0 atom stereocenters. The highest BCUT2D eigenvalue weighted by molar-refractivity contribution is 4.49. The molecule has 0 aliphatic heterocycles. The summed E-state index contributed by atoms with van der Waals surface area (Å²) in [6.07, 6.45) is 14.4. The van der Waals surface area contributed by atoms with Gasteiger partial charge in [0.2, 0.25) is 0 Å². The third-order valence-corrected chi connectivity index (χ3v) is 2.96. The fourth-order valence-corrected chi connectivity index (χ4v) is 1.92. The topological polar surface area (TPSA) is 49.5 Å². The summed E-state index contributed by atoms with van der Waals surface area (Å²) >= 11 is 0. The summed E-state index contributed by atoms with van der Waals surface area (Å²) in [4.78, 5) is 2.28. The zero-order valence-electron chi connectivity index (χ0n) is 12.2. The van der Waals surface area contributed by atoms with E-state index in [0.717, 1.165) is 0 Å². The number of hydrogen-bond acceptors (Lipinski definition) is 3. The molecule has 106 valence electrons. The zero-order chi connectivity index (χ0) is 13.4. The van der Waals surface area contributed by atoms with Crippen LogP contribution in [0.15, 0.2) is 0 Å². The third kappa shape index (κ3) is 21.7. The number of nitrogens with zero attached hydrogens (tertiary/aromatic N) is 1. The molecule has 3 N–H and O–H groups in total. The second-order valence-corrected chi connectivity index (χ2v) is 4.99. The Morgan fingerprint density at radius 3 is 1.41 bits per heavy atom. The van der Waals surface area contributed by atoms with Crippen LogP contribution >= 0.6 is 0 Å². The molecule has 0 amide bonds. The van der Waals surface area contributed by atoms with Crippen molar-refractivity contribution in [2.75, 3.05) is 20.6 Å². The fraction of sp³-hybridized carbons (Fsp3) is 1.00. The van der Waals surface area contributed by atoms with Crippen molar-refractivity contribution < 1.29 is 5.21 Å². The van der Waals surface area contributed by atoms with Gasteiger partial charge >= 0.3 is 0 Å². The summed E-state index contributed by atoms with van der Waals surface area (Å²) in [5.41, 5.74) is 0. The van der Waals surface area contributed by atoms with Crippen LogP contribution in [0.2, 0.25) is 0 Å². The minimum absolute atomic E-state index is 1.26. The Balaban J connectivity index is 0. The molecule has 0 fully saturated rings. The van der Waals surface area contributed by atoms with Gasteiger partial charge in [0.05, 0.1) is 0 Å². The molecule has 17 heavy (non-hydrogen) atoms. The molecule has 0 bridgehead atoms. The number of unbranched alkanes of at least 4 members (excludes halogenated alkanes) is 9. The fourth-order valence-electron chi connectivity index (χ4n) is 1.92. The molecule has 0 rings (SSSR count). The van der Waals surface area contributed by atoms with Gasteiger partial charge in [-0.3, -0.25) is 0 Å². The van der Waals surface area contributed by atoms with E-state index in [1.165, 1.54) is 70.8 Å². The van der Waals surface area contributed by atoms with E-state index in [1.807, 2.05) is 0 Å². The average molecular weight is 246 g/mol. The van der Waals surface area contributed by atoms with Crippen LogP contribution in [0.25, 0.3) is 0 Å². The SMILES string of the molecule is CCCCCCCCCCCCN(C)C.NO. The van der Waals surface area contributed by atoms with Gasteiger partial charge < -0.3 is 10.1 Å². The molecule has 0 radical (unpaired) electrons. The number of nitrogens with two attached hydrogens (primary N) is 1. The Bertz CT molecular complexity index is 119. The van der Waals surface area contributed by atoms with Crippen LogP contribution in [0.4, 0.5) is 0 Å². The lowest BCUT2D eigenvalue weighted by Crippen LogP contribution is -2.12. The number of rotatable bonds is 11. The maximum Gasteiger partial charge on any atom is -0.00248 e. The molecule has 0 unspecified atom stereocenters. The monoisotopic (exact) mass is 246 g/mol. The highest BCUT2D eigenvalue weighted by atomic mass is 16.4. The van der Waals surface area contributed by atoms with Gasteiger partial charge in [0, 0.05) is 0 Å². The second kappa shape index (κ2) is 18.3. The van der Waals surface area contributed by atoms with Gasteiger partial charge in [-0.05, 0) is 27.1 Å². The molecule has 0 saturated heterocycles. The summed E-state index contributed by atoms with van der Waals surface area (Å²) < 4.78 is 0. The van der Waals surface area contributed by atoms with Crippen LogP contribution in [-0.4, -0.2) is 30.7 Å². The quantitative estimate of drug-likeness (QED) is 0.430. The van der Waals surface area contributed by atoms with Crippen molar-refractivity contribution in [2.45, 2.75) is 71.1 Å². The molecule has 0 heterocycles. The molecule has 0 aromatic carbocycles. The maximum absolute atomic E-state index is 6.50. The highest BCUT2D eigenvalue weighted by Gasteiger charge is 1.93. The summed E-state index contributed by atoms with van der Waals surface area (Å²) in [5, 5.41) is 6.50. The molecule has 3 nitrogen and oxygen atoms in total. The van der Waals surface area contributed by atoms with Gasteiger partial charge in [0.1, 0.15) is 0 Å². The molecular formula is C14H34N2O. The van der Waals surface area contributed by atoms with E-state index < -0.39 is 0 Å². The molecule has 0 saturated carbocycles. The van der Waals surface area contributed by atoms with E-state index in [0.29, 0.717) is 0 Å². The smallest absolute Gasteiger partial charge is 0.00248 e. The summed E-state index contributed by atoms with van der Waals surface area (Å²) in [6, 6.07) is 0. The van der Waals surface area contributed by atoms with Crippen LogP contribution in [0, 0.1) is 0 Å². The Hall–Kier alpha value is -0.120. The molecule has 0 spiro atoms. The van der Waals surface area contributed by atoms with Gasteiger partial charge in [-0.15, -0.1) is 0 Å². The van der Waals surface area contributed by atoms with Gasteiger partial charge in [-0.2, -0.15) is 0 Å². The van der Waals surface area contributed by atoms with E-state index in [9.17, 15) is 0 Å². The van der Waals surface area contributed by atoms with Gasteiger partial charge in [-0.25, -0.2) is 5.90 Å². The lowest BCUT2D eigenvalue weighted by molar-refractivity contribution is 0.311. The molecule has 0 aliphatic carbocycles. The van der Waals surface area contributed by atoms with Crippen molar-refractivity contribution in [2.24, 2.45) is 5.90 Å². The average Bonchev–Trinajstić information content (AvgIpc) is 2.34. The first-order chi connectivity index (χ1) is 8.27. The van der Waals surface area contributed by atoms with E-state index in [4.69, 9.17) is 5.21 Å². The predicted octanol–water partition coefficient (Wildman–Crippen LogP) is 3.80. The van der Waals surface area contributed by atoms with Gasteiger partial charge in [0.25, 0.3) is 0 Å². The molecule has 0 aromatic rings. The van der Waals surface area contributed by atoms with Crippen molar-refractivity contribution >= 4 is 0 Å². The first-order valence-corrected chi connectivity index (χ1v) is 7.18.